The van der Waals surface area contributed by atoms with Crippen LogP contribution in [0, 0.1) is 11.6 Å². The van der Waals surface area contributed by atoms with Crippen molar-refractivity contribution in [3.63, 3.8) is 0 Å². The van der Waals surface area contributed by atoms with Crippen LogP contribution in [0.4, 0.5) is 8.78 Å². The van der Waals surface area contributed by atoms with Crippen LogP contribution in [-0.2, 0) is 6.54 Å². The Hall–Kier alpha value is -1.45. The predicted octanol–water partition coefficient (Wildman–Crippen LogP) is 4.47. The van der Waals surface area contributed by atoms with E-state index in [-0.39, 0.29) is 24.2 Å². The van der Waals surface area contributed by atoms with Crippen molar-refractivity contribution in [2.45, 2.75) is 19.5 Å². The fraction of sp³-hybridized carbons (Fsp3) is 0.200. The molecule has 100 valence electrons. The highest BCUT2D eigenvalue weighted by Gasteiger charge is 2.12. The first-order valence-corrected chi connectivity index (χ1v) is 6.38. The van der Waals surface area contributed by atoms with E-state index in [2.05, 4.69) is 5.32 Å². The van der Waals surface area contributed by atoms with Gasteiger partial charge in [0.05, 0.1) is 0 Å². The first-order chi connectivity index (χ1) is 9.09. The van der Waals surface area contributed by atoms with Crippen LogP contribution in [0.3, 0.4) is 0 Å². The Morgan fingerprint density at radius 1 is 1.05 bits per heavy atom. The molecular formula is C15H14ClF2N. The van der Waals surface area contributed by atoms with Crippen LogP contribution in [0.1, 0.15) is 24.1 Å². The molecule has 2 rings (SSSR count). The van der Waals surface area contributed by atoms with E-state index in [1.165, 1.54) is 12.1 Å². The zero-order valence-corrected chi connectivity index (χ0v) is 11.2. The van der Waals surface area contributed by atoms with Gasteiger partial charge in [-0.25, -0.2) is 8.78 Å². The van der Waals surface area contributed by atoms with Gasteiger partial charge in [0.15, 0.2) is 0 Å². The number of hydrogen-bond donors (Lipinski definition) is 1. The molecule has 4 heteroatoms. The summed E-state index contributed by atoms with van der Waals surface area (Å²) in [5, 5.41) is 3.44. The molecule has 0 unspecified atom stereocenters. The third-order valence-corrected chi connectivity index (χ3v) is 3.37. The van der Waals surface area contributed by atoms with E-state index >= 15 is 0 Å². The average Bonchev–Trinajstić information content (AvgIpc) is 2.38. The van der Waals surface area contributed by atoms with Crippen molar-refractivity contribution in [2.75, 3.05) is 0 Å². The highest BCUT2D eigenvalue weighted by Crippen LogP contribution is 2.21. The second kappa shape index (κ2) is 6.13. The summed E-state index contributed by atoms with van der Waals surface area (Å²) in [5.74, 6) is -0.636. The summed E-state index contributed by atoms with van der Waals surface area (Å²) in [6.45, 7) is 2.08. The van der Waals surface area contributed by atoms with Crippen LogP contribution < -0.4 is 5.32 Å². The molecule has 0 aromatic heterocycles. The molecule has 0 saturated heterocycles. The van der Waals surface area contributed by atoms with Gasteiger partial charge in [-0.3, -0.25) is 0 Å². The molecule has 2 aromatic rings. The Balaban J connectivity index is 2.09. The quantitative estimate of drug-likeness (QED) is 0.872. The Bertz CT molecular complexity index is 552. The zero-order valence-electron chi connectivity index (χ0n) is 10.5. The molecule has 1 nitrogen and oxygen atoms in total. The molecule has 1 atom stereocenters. The smallest absolute Gasteiger partial charge is 0.129 e. The van der Waals surface area contributed by atoms with Gasteiger partial charge in [-0.2, -0.15) is 0 Å². The van der Waals surface area contributed by atoms with E-state index in [9.17, 15) is 8.78 Å². The Kier molecular flexibility index (Phi) is 4.51. The molecule has 1 N–H and O–H groups in total. The fourth-order valence-electron chi connectivity index (χ4n) is 1.89. The lowest BCUT2D eigenvalue weighted by Crippen LogP contribution is -2.20. The van der Waals surface area contributed by atoms with Crippen molar-refractivity contribution in [3.8, 4) is 0 Å². The van der Waals surface area contributed by atoms with Crippen LogP contribution in [0.5, 0.6) is 0 Å². The minimum Gasteiger partial charge on any atom is -0.306 e. The van der Waals surface area contributed by atoms with Gasteiger partial charge in [0.2, 0.25) is 0 Å². The minimum absolute atomic E-state index is 0.225. The van der Waals surface area contributed by atoms with Gasteiger partial charge in [-0.15, -0.1) is 0 Å². The maximum Gasteiger partial charge on any atom is 0.129 e. The van der Waals surface area contributed by atoms with E-state index in [0.717, 1.165) is 0 Å². The van der Waals surface area contributed by atoms with Crippen LogP contribution in [0.2, 0.25) is 5.02 Å². The molecule has 0 saturated carbocycles. The highest BCUT2D eigenvalue weighted by atomic mass is 35.5. The van der Waals surface area contributed by atoms with Crippen LogP contribution in [-0.4, -0.2) is 0 Å². The SMILES string of the molecule is C[C@@H](NCc1c(F)cccc1Cl)c1ccccc1F. The summed E-state index contributed by atoms with van der Waals surface area (Å²) in [4.78, 5) is 0. The number of nitrogens with one attached hydrogen (secondary N) is 1. The van der Waals surface area contributed by atoms with Gasteiger partial charge in [0.1, 0.15) is 11.6 Å². The third kappa shape index (κ3) is 3.31. The van der Waals surface area contributed by atoms with Crippen molar-refractivity contribution in [2.24, 2.45) is 0 Å². The van der Waals surface area contributed by atoms with E-state index in [0.29, 0.717) is 16.1 Å². The molecular weight excluding hydrogens is 268 g/mol. The monoisotopic (exact) mass is 281 g/mol. The molecule has 0 amide bonds. The highest BCUT2D eigenvalue weighted by molar-refractivity contribution is 6.31. The van der Waals surface area contributed by atoms with Crippen molar-refractivity contribution in [1.82, 2.24) is 5.32 Å². The standard InChI is InChI=1S/C15H14ClF2N/c1-10(11-5-2-3-7-14(11)17)19-9-12-13(16)6-4-8-15(12)18/h2-8,10,19H,9H2,1H3/t10-/m1/s1. The number of hydrogen-bond acceptors (Lipinski definition) is 1. The minimum atomic E-state index is -0.360. The van der Waals surface area contributed by atoms with E-state index in [1.54, 1.807) is 30.3 Å². The molecule has 0 bridgehead atoms. The topological polar surface area (TPSA) is 12.0 Å². The second-order valence-corrected chi connectivity index (χ2v) is 4.73. The first kappa shape index (κ1) is 14.0. The molecule has 19 heavy (non-hydrogen) atoms. The lowest BCUT2D eigenvalue weighted by Gasteiger charge is -2.16. The third-order valence-electron chi connectivity index (χ3n) is 3.02. The first-order valence-electron chi connectivity index (χ1n) is 6.00. The zero-order chi connectivity index (χ0) is 13.8. The number of benzene rings is 2. The van der Waals surface area contributed by atoms with Crippen molar-refractivity contribution in [1.29, 1.82) is 0 Å². The molecule has 0 aliphatic heterocycles. The molecule has 0 aliphatic carbocycles. The van der Waals surface area contributed by atoms with E-state index < -0.39 is 0 Å². The number of halogens is 3. The molecule has 0 fully saturated rings. The largest absolute Gasteiger partial charge is 0.306 e. The summed E-state index contributed by atoms with van der Waals surface area (Å²) in [6, 6.07) is 10.8. The predicted molar refractivity (Wildman–Crippen MR) is 73.1 cm³/mol. The Labute approximate surface area is 116 Å². The normalized spacial score (nSPS) is 12.4. The van der Waals surface area contributed by atoms with Crippen molar-refractivity contribution in [3.05, 3.63) is 70.2 Å². The molecule has 0 radical (unpaired) electrons. The van der Waals surface area contributed by atoms with Crippen molar-refractivity contribution < 1.29 is 8.78 Å². The lowest BCUT2D eigenvalue weighted by molar-refractivity contribution is 0.516. The Morgan fingerprint density at radius 2 is 1.74 bits per heavy atom. The van der Waals surface area contributed by atoms with Crippen LogP contribution >= 0.6 is 11.6 Å². The molecule has 0 aliphatic rings. The summed E-state index contributed by atoms with van der Waals surface area (Å²) in [5.41, 5.74) is 0.947. The van der Waals surface area contributed by atoms with Crippen LogP contribution in [0.25, 0.3) is 0 Å². The van der Waals surface area contributed by atoms with Gasteiger partial charge >= 0.3 is 0 Å². The molecule has 0 heterocycles. The summed E-state index contributed by atoms with van der Waals surface area (Å²) in [7, 11) is 0. The van der Waals surface area contributed by atoms with E-state index in [1.807, 2.05) is 6.92 Å². The van der Waals surface area contributed by atoms with Gasteiger partial charge in [0.25, 0.3) is 0 Å². The number of rotatable bonds is 4. The maximum atomic E-state index is 13.6. The lowest BCUT2D eigenvalue weighted by atomic mass is 10.1. The maximum absolute atomic E-state index is 13.6. The summed E-state index contributed by atoms with van der Waals surface area (Å²) >= 11 is 5.94. The van der Waals surface area contributed by atoms with E-state index in [4.69, 9.17) is 11.6 Å². The summed E-state index contributed by atoms with van der Waals surface area (Å²) in [6.07, 6.45) is 0. The van der Waals surface area contributed by atoms with Gasteiger partial charge in [-0.1, -0.05) is 35.9 Å². The second-order valence-electron chi connectivity index (χ2n) is 4.32. The van der Waals surface area contributed by atoms with Crippen molar-refractivity contribution >= 4 is 11.6 Å². The molecule has 0 spiro atoms. The average molecular weight is 282 g/mol. The Morgan fingerprint density at radius 3 is 2.42 bits per heavy atom. The summed E-state index contributed by atoms with van der Waals surface area (Å²) < 4.78 is 27.2. The van der Waals surface area contributed by atoms with Gasteiger partial charge in [0, 0.05) is 28.7 Å². The molecule has 2 aromatic carbocycles. The van der Waals surface area contributed by atoms with Crippen LogP contribution in [0.15, 0.2) is 42.5 Å². The van der Waals surface area contributed by atoms with Gasteiger partial charge in [-0.05, 0) is 25.1 Å². The van der Waals surface area contributed by atoms with Gasteiger partial charge < -0.3 is 5.32 Å². The fourth-order valence-corrected chi connectivity index (χ4v) is 2.12.